The van der Waals surface area contributed by atoms with Gasteiger partial charge in [-0.25, -0.2) is 28.1 Å². The lowest BCUT2D eigenvalue weighted by Gasteiger charge is -2.35. The highest BCUT2D eigenvalue weighted by Crippen LogP contribution is 2.37. The van der Waals surface area contributed by atoms with E-state index in [1.807, 2.05) is 26.0 Å². The van der Waals surface area contributed by atoms with Gasteiger partial charge in [0.05, 0.1) is 54.5 Å². The zero-order valence-electron chi connectivity index (χ0n) is 30.4. The van der Waals surface area contributed by atoms with Crippen LogP contribution in [-0.2, 0) is 21.3 Å². The number of nitrogens with one attached hydrogen (secondary N) is 1. The lowest BCUT2D eigenvalue weighted by molar-refractivity contribution is 0.0504. The van der Waals surface area contributed by atoms with Gasteiger partial charge in [-0.3, -0.25) is 4.79 Å². The molecule has 2 aliphatic heterocycles. The maximum Gasteiger partial charge on any atom is 0.264 e. The van der Waals surface area contributed by atoms with E-state index >= 15 is 0 Å². The quantitative estimate of drug-likeness (QED) is 0.248. The van der Waals surface area contributed by atoms with Crippen molar-refractivity contribution in [1.82, 2.24) is 24.8 Å². The van der Waals surface area contributed by atoms with Crippen molar-refractivity contribution >= 4 is 27.6 Å². The summed E-state index contributed by atoms with van der Waals surface area (Å²) in [4.78, 5) is 37.0. The molecule has 51 heavy (non-hydrogen) atoms. The Morgan fingerprint density at radius 3 is 2.39 bits per heavy atom. The molecule has 4 heterocycles. The molecule has 2 aromatic carbocycles. The number of benzene rings is 2. The molecule has 12 nitrogen and oxygen atoms in total. The molecular formula is C38H47N7O5S. The van der Waals surface area contributed by atoms with Crippen molar-refractivity contribution in [2.24, 2.45) is 5.41 Å². The highest BCUT2D eigenvalue weighted by molar-refractivity contribution is 7.92. The number of sulfonamides is 1. The second-order valence-corrected chi connectivity index (χ2v) is 16.5. The molecule has 13 heteroatoms. The maximum atomic E-state index is 14.5. The molecule has 1 saturated heterocycles. The number of nitrogens with zero attached hydrogens (tertiary/aromatic N) is 6. The second kappa shape index (κ2) is 14.5. The van der Waals surface area contributed by atoms with Crippen molar-refractivity contribution in [1.29, 1.82) is 0 Å². The van der Waals surface area contributed by atoms with Gasteiger partial charge in [0, 0.05) is 29.8 Å². The molecule has 0 radical (unpaired) electrons. The third-order valence-corrected chi connectivity index (χ3v) is 10.5. The molecular weight excluding hydrogens is 667 g/mol. The first-order valence-electron chi connectivity index (χ1n) is 17.4. The minimum atomic E-state index is -4.20. The molecule has 0 spiro atoms. The summed E-state index contributed by atoms with van der Waals surface area (Å²) in [7, 11) is -4.20. The van der Waals surface area contributed by atoms with Gasteiger partial charge in [0.2, 0.25) is 11.8 Å². The number of hydrogen-bond acceptors (Lipinski definition) is 10. The molecule has 2 aliphatic rings. The van der Waals surface area contributed by atoms with Crippen LogP contribution in [0.25, 0.3) is 11.3 Å². The van der Waals surface area contributed by atoms with Gasteiger partial charge in [-0.15, -0.1) is 0 Å². The Balaban J connectivity index is 1.47. The van der Waals surface area contributed by atoms with Crippen LogP contribution in [0.5, 0.6) is 5.88 Å². The van der Waals surface area contributed by atoms with Crippen molar-refractivity contribution in [2.75, 3.05) is 42.5 Å². The zero-order valence-corrected chi connectivity index (χ0v) is 31.2. The number of aromatic nitrogens is 4. The second-order valence-electron chi connectivity index (χ2n) is 14.8. The minimum absolute atomic E-state index is 0.0851. The van der Waals surface area contributed by atoms with Crippen molar-refractivity contribution in [2.45, 2.75) is 78.3 Å². The van der Waals surface area contributed by atoms with E-state index in [1.54, 1.807) is 29.4 Å². The number of amides is 1. The van der Waals surface area contributed by atoms with Crippen LogP contribution in [0.1, 0.15) is 79.8 Å². The topological polar surface area (TPSA) is 140 Å². The van der Waals surface area contributed by atoms with E-state index in [4.69, 9.17) is 14.5 Å². The Kier molecular flexibility index (Phi) is 10.3. The number of morpholine rings is 1. The average Bonchev–Trinajstić information content (AvgIpc) is 3.09. The van der Waals surface area contributed by atoms with E-state index < -0.39 is 16.1 Å². The highest BCUT2D eigenvalue weighted by atomic mass is 32.2. The fraction of sp³-hybridized carbons (Fsp3) is 0.447. The summed E-state index contributed by atoms with van der Waals surface area (Å²) >= 11 is 0. The van der Waals surface area contributed by atoms with Crippen LogP contribution < -0.4 is 14.4 Å². The minimum Gasteiger partial charge on any atom is -0.475 e. The maximum absolute atomic E-state index is 14.5. The summed E-state index contributed by atoms with van der Waals surface area (Å²) in [6.45, 7) is 17.4. The molecule has 1 fully saturated rings. The molecule has 0 saturated carbocycles. The van der Waals surface area contributed by atoms with Gasteiger partial charge in [-0.1, -0.05) is 58.9 Å². The number of aryl methyl sites for hydroxylation is 1. The standard InChI is InChI=1S/C38H47N7O5S/c1-24(2)31-13-8-10-25(3)33(31)34-26(4)35-42-37(41-34)43-51(47,48)30-12-9-11-27(18-30)36(46)45(28(23-50-35)19-38(5,6)7)22-32-39-20-29(21-40-32)44-14-16-49-17-15-44/h8-13,18,20-21,24,28H,14-17,19,22-23H2,1-7H3,(H,41,42,43)/t28-/m1/s1. The molecule has 4 bridgehead atoms. The number of ether oxygens (including phenoxy) is 2. The normalized spacial score (nSPS) is 18.0. The number of fused-ring (bicyclic) bond motifs is 4. The number of rotatable bonds is 6. The van der Waals surface area contributed by atoms with E-state index in [1.165, 1.54) is 12.1 Å². The molecule has 1 amide bonds. The van der Waals surface area contributed by atoms with Gasteiger partial charge in [-0.2, -0.15) is 4.98 Å². The number of anilines is 2. The summed E-state index contributed by atoms with van der Waals surface area (Å²) in [6, 6.07) is 11.7. The lowest BCUT2D eigenvalue weighted by atomic mass is 9.87. The van der Waals surface area contributed by atoms with E-state index in [0.29, 0.717) is 36.7 Å². The van der Waals surface area contributed by atoms with Gasteiger partial charge >= 0.3 is 0 Å². The predicted molar refractivity (Wildman–Crippen MR) is 197 cm³/mol. The van der Waals surface area contributed by atoms with E-state index in [2.05, 4.69) is 65.3 Å². The molecule has 270 valence electrons. The van der Waals surface area contributed by atoms with Crippen LogP contribution >= 0.6 is 0 Å². The predicted octanol–water partition coefficient (Wildman–Crippen LogP) is 6.15. The first kappa shape index (κ1) is 36.2. The molecule has 1 atom stereocenters. The van der Waals surface area contributed by atoms with E-state index in [0.717, 1.165) is 35.5 Å². The summed E-state index contributed by atoms with van der Waals surface area (Å²) in [5.41, 5.74) is 5.12. The smallest absolute Gasteiger partial charge is 0.264 e. The SMILES string of the molecule is Cc1cccc(C(C)C)c1-c1nc2nc(c1C)OC[C@@H](CC(C)(C)C)N(Cc1ncc(N3CCOCC3)cn1)C(=O)c1cccc(c1)S(=O)(=O)N2. The van der Waals surface area contributed by atoms with Crippen molar-refractivity contribution in [3.63, 3.8) is 0 Å². The molecule has 0 unspecified atom stereocenters. The largest absolute Gasteiger partial charge is 0.475 e. The summed E-state index contributed by atoms with van der Waals surface area (Å²) < 4.78 is 42.3. The fourth-order valence-electron chi connectivity index (χ4n) is 6.64. The Hall–Kier alpha value is -4.62. The highest BCUT2D eigenvalue weighted by Gasteiger charge is 2.33. The van der Waals surface area contributed by atoms with Gasteiger partial charge < -0.3 is 19.3 Å². The van der Waals surface area contributed by atoms with Crippen molar-refractivity contribution in [3.05, 3.63) is 82.9 Å². The van der Waals surface area contributed by atoms with Gasteiger partial charge in [-0.05, 0) is 60.9 Å². The first-order chi connectivity index (χ1) is 24.2. The zero-order chi connectivity index (χ0) is 36.5. The van der Waals surface area contributed by atoms with Crippen LogP contribution in [0.15, 0.2) is 59.8 Å². The molecule has 2 aromatic heterocycles. The average molecular weight is 714 g/mol. The van der Waals surface area contributed by atoms with Crippen LogP contribution in [-0.4, -0.2) is 78.1 Å². The summed E-state index contributed by atoms with van der Waals surface area (Å²) in [6.07, 6.45) is 4.12. The number of carbonyl (C=O) groups is 1. The Bertz CT molecular complexity index is 2010. The number of carbonyl (C=O) groups excluding carboxylic acids is 1. The van der Waals surface area contributed by atoms with Crippen LogP contribution in [0.3, 0.4) is 0 Å². The lowest BCUT2D eigenvalue weighted by Crippen LogP contribution is -2.45. The van der Waals surface area contributed by atoms with Crippen LogP contribution in [0.2, 0.25) is 0 Å². The summed E-state index contributed by atoms with van der Waals surface area (Å²) in [5, 5.41) is 0. The Labute approximate surface area is 300 Å². The van der Waals surface area contributed by atoms with Gasteiger partial charge in [0.1, 0.15) is 12.4 Å². The van der Waals surface area contributed by atoms with E-state index in [9.17, 15) is 13.2 Å². The van der Waals surface area contributed by atoms with E-state index in [-0.39, 0.29) is 52.7 Å². The molecule has 1 N–H and O–H groups in total. The van der Waals surface area contributed by atoms with Crippen molar-refractivity contribution in [3.8, 4) is 17.1 Å². The molecule has 4 aromatic rings. The fourth-order valence-corrected chi connectivity index (χ4v) is 7.63. The van der Waals surface area contributed by atoms with Crippen LogP contribution in [0, 0.1) is 19.3 Å². The molecule has 0 aliphatic carbocycles. The van der Waals surface area contributed by atoms with Gasteiger partial charge in [0.15, 0.2) is 0 Å². The van der Waals surface area contributed by atoms with Gasteiger partial charge in [0.25, 0.3) is 15.9 Å². The molecule has 6 rings (SSSR count). The third-order valence-electron chi connectivity index (χ3n) is 9.22. The van der Waals surface area contributed by atoms with Crippen molar-refractivity contribution < 1.29 is 22.7 Å². The van der Waals surface area contributed by atoms with Crippen LogP contribution in [0.4, 0.5) is 11.6 Å². The summed E-state index contributed by atoms with van der Waals surface area (Å²) in [5.74, 6) is 0.396. The Morgan fingerprint density at radius 2 is 1.71 bits per heavy atom. The first-order valence-corrected chi connectivity index (χ1v) is 18.9. The monoisotopic (exact) mass is 713 g/mol. The Morgan fingerprint density at radius 1 is 1.00 bits per heavy atom. The third kappa shape index (κ3) is 8.15. The number of hydrogen-bond donors (Lipinski definition) is 1.